The van der Waals surface area contributed by atoms with Crippen molar-refractivity contribution in [1.82, 2.24) is 5.32 Å². The molecule has 88 valence electrons. The van der Waals surface area contributed by atoms with E-state index < -0.39 is 0 Å². The van der Waals surface area contributed by atoms with Crippen LogP contribution in [0.4, 0.5) is 0 Å². The summed E-state index contributed by atoms with van der Waals surface area (Å²) in [6.07, 6.45) is 4.08. The van der Waals surface area contributed by atoms with Crippen molar-refractivity contribution >= 4 is 12.0 Å². The molecule has 0 saturated heterocycles. The third kappa shape index (κ3) is 9.05. The zero-order valence-corrected chi connectivity index (χ0v) is 9.68. The standard InChI is InChI=1S/C10H22N4O/c1-3-5-7-13-9(11)14-10(12)15-8-6-4-2/h3-8H2,1-2H3,(H4,11,12,13,14). The van der Waals surface area contributed by atoms with Crippen molar-refractivity contribution < 1.29 is 4.74 Å². The molecule has 0 rings (SSSR count). The van der Waals surface area contributed by atoms with Crippen LogP contribution in [-0.4, -0.2) is 25.1 Å². The van der Waals surface area contributed by atoms with Gasteiger partial charge in [-0.3, -0.25) is 15.7 Å². The third-order valence-electron chi connectivity index (χ3n) is 1.78. The molecule has 0 atom stereocenters. The van der Waals surface area contributed by atoms with E-state index in [2.05, 4.69) is 24.2 Å². The van der Waals surface area contributed by atoms with Gasteiger partial charge in [-0.05, 0) is 12.8 Å². The average Bonchev–Trinajstić information content (AvgIpc) is 2.18. The number of amidine groups is 1. The lowest BCUT2D eigenvalue weighted by molar-refractivity contribution is 0.284. The summed E-state index contributed by atoms with van der Waals surface area (Å²) in [6, 6.07) is -0.0267. The van der Waals surface area contributed by atoms with E-state index in [1.54, 1.807) is 0 Å². The Hall–Kier alpha value is -1.26. The molecule has 0 radical (unpaired) electrons. The summed E-state index contributed by atoms with van der Waals surface area (Å²) < 4.78 is 5.07. The molecule has 5 nitrogen and oxygen atoms in total. The molecule has 0 bridgehead atoms. The van der Waals surface area contributed by atoms with Crippen LogP contribution in [0.1, 0.15) is 39.5 Å². The lowest BCUT2D eigenvalue weighted by Gasteiger charge is -2.08. The lowest BCUT2D eigenvalue weighted by Crippen LogP contribution is -2.37. The van der Waals surface area contributed by atoms with E-state index in [0.29, 0.717) is 13.2 Å². The number of unbranched alkanes of at least 4 members (excludes halogenated alkanes) is 2. The normalized spacial score (nSPS) is 11.2. The topological polar surface area (TPSA) is 83.5 Å². The van der Waals surface area contributed by atoms with Crippen molar-refractivity contribution in [3.63, 3.8) is 0 Å². The van der Waals surface area contributed by atoms with Gasteiger partial charge in [0.25, 0.3) is 6.02 Å². The first kappa shape index (κ1) is 13.7. The van der Waals surface area contributed by atoms with Crippen molar-refractivity contribution in [2.24, 2.45) is 10.7 Å². The maximum atomic E-state index is 7.38. The van der Waals surface area contributed by atoms with Gasteiger partial charge in [0, 0.05) is 6.54 Å². The van der Waals surface area contributed by atoms with E-state index in [1.165, 1.54) is 0 Å². The van der Waals surface area contributed by atoms with E-state index in [4.69, 9.17) is 15.9 Å². The Morgan fingerprint density at radius 1 is 1.33 bits per heavy atom. The van der Waals surface area contributed by atoms with Crippen LogP contribution in [0.2, 0.25) is 0 Å². The first-order valence-electron chi connectivity index (χ1n) is 5.49. The van der Waals surface area contributed by atoms with Gasteiger partial charge in [-0.2, -0.15) is 0 Å². The Morgan fingerprint density at radius 3 is 2.60 bits per heavy atom. The fourth-order valence-electron chi connectivity index (χ4n) is 0.868. The summed E-state index contributed by atoms with van der Waals surface area (Å²) in [6.45, 7) is 5.40. The van der Waals surface area contributed by atoms with Crippen molar-refractivity contribution in [3.05, 3.63) is 0 Å². The summed E-state index contributed by atoms with van der Waals surface area (Å²) in [4.78, 5) is 4.04. The SMILES string of the molecule is CCCCN=C(N)NC(=N)OCCCC. The zero-order chi connectivity index (χ0) is 11.5. The highest BCUT2D eigenvalue weighted by Gasteiger charge is 1.98. The fraction of sp³-hybridized carbons (Fsp3) is 0.800. The van der Waals surface area contributed by atoms with Crippen LogP contribution >= 0.6 is 0 Å². The van der Waals surface area contributed by atoms with E-state index >= 15 is 0 Å². The molecule has 0 saturated carbocycles. The quantitative estimate of drug-likeness (QED) is 0.355. The summed E-state index contributed by atoms with van der Waals surface area (Å²) in [5, 5.41) is 9.97. The highest BCUT2D eigenvalue weighted by molar-refractivity contribution is 5.93. The molecule has 0 aliphatic rings. The van der Waals surface area contributed by atoms with Crippen molar-refractivity contribution in [2.75, 3.05) is 13.2 Å². The van der Waals surface area contributed by atoms with E-state index in [0.717, 1.165) is 25.7 Å². The van der Waals surface area contributed by atoms with Gasteiger partial charge in [-0.25, -0.2) is 0 Å². The van der Waals surface area contributed by atoms with Gasteiger partial charge in [0.2, 0.25) is 0 Å². The third-order valence-corrected chi connectivity index (χ3v) is 1.78. The maximum Gasteiger partial charge on any atom is 0.288 e. The minimum Gasteiger partial charge on any atom is -0.465 e. The molecule has 0 aliphatic carbocycles. The molecule has 4 N–H and O–H groups in total. The minimum absolute atomic E-state index is 0.0267. The molecule has 0 fully saturated rings. The molecule has 0 aromatic carbocycles. The van der Waals surface area contributed by atoms with Gasteiger partial charge in [-0.1, -0.05) is 26.7 Å². The number of nitrogens with zero attached hydrogens (tertiary/aromatic N) is 1. The summed E-state index contributed by atoms with van der Waals surface area (Å²) >= 11 is 0. The Balaban J connectivity index is 3.60. The second-order valence-corrected chi connectivity index (χ2v) is 3.28. The monoisotopic (exact) mass is 214 g/mol. The van der Waals surface area contributed by atoms with Crippen LogP contribution in [0.25, 0.3) is 0 Å². The second kappa shape index (κ2) is 9.30. The predicted octanol–water partition coefficient (Wildman–Crippen LogP) is 1.44. The van der Waals surface area contributed by atoms with Crippen LogP contribution < -0.4 is 11.1 Å². The van der Waals surface area contributed by atoms with Gasteiger partial charge in [0.05, 0.1) is 6.61 Å². The van der Waals surface area contributed by atoms with Crippen LogP contribution in [-0.2, 0) is 4.74 Å². The number of nitrogens with two attached hydrogens (primary N) is 1. The number of ether oxygens (including phenoxy) is 1. The highest BCUT2D eigenvalue weighted by Crippen LogP contribution is 1.88. The molecule has 0 unspecified atom stereocenters. The Labute approximate surface area is 91.6 Å². The van der Waals surface area contributed by atoms with Gasteiger partial charge < -0.3 is 10.5 Å². The van der Waals surface area contributed by atoms with Crippen LogP contribution in [0.5, 0.6) is 0 Å². The number of hydrogen-bond acceptors (Lipinski definition) is 3. The number of rotatable bonds is 6. The first-order valence-corrected chi connectivity index (χ1v) is 5.49. The van der Waals surface area contributed by atoms with E-state index in [1.807, 2.05) is 0 Å². The van der Waals surface area contributed by atoms with Crippen LogP contribution in [0, 0.1) is 5.41 Å². The van der Waals surface area contributed by atoms with Gasteiger partial charge >= 0.3 is 0 Å². The largest absolute Gasteiger partial charge is 0.465 e. The summed E-state index contributed by atoms with van der Waals surface area (Å²) in [7, 11) is 0. The van der Waals surface area contributed by atoms with Crippen LogP contribution in [0.3, 0.4) is 0 Å². The Bertz CT molecular complexity index is 204. The van der Waals surface area contributed by atoms with Crippen molar-refractivity contribution in [3.8, 4) is 0 Å². The smallest absolute Gasteiger partial charge is 0.288 e. The number of hydrogen-bond donors (Lipinski definition) is 3. The second-order valence-electron chi connectivity index (χ2n) is 3.28. The maximum absolute atomic E-state index is 7.38. The van der Waals surface area contributed by atoms with E-state index in [9.17, 15) is 0 Å². The lowest BCUT2D eigenvalue weighted by atomic mass is 10.3. The van der Waals surface area contributed by atoms with Gasteiger partial charge in [-0.15, -0.1) is 0 Å². The molecular formula is C10H22N4O. The predicted molar refractivity (Wildman–Crippen MR) is 63.1 cm³/mol. The highest BCUT2D eigenvalue weighted by atomic mass is 16.5. The zero-order valence-electron chi connectivity index (χ0n) is 9.68. The van der Waals surface area contributed by atoms with Crippen LogP contribution in [0.15, 0.2) is 4.99 Å². The molecular weight excluding hydrogens is 192 g/mol. The molecule has 0 aromatic rings. The molecule has 0 spiro atoms. The molecule has 5 heteroatoms. The molecule has 0 amide bonds. The Kier molecular flexibility index (Phi) is 8.52. The fourth-order valence-corrected chi connectivity index (χ4v) is 0.868. The molecule has 0 aliphatic heterocycles. The number of guanidine groups is 1. The summed E-state index contributed by atoms with van der Waals surface area (Å²) in [5.41, 5.74) is 5.54. The first-order chi connectivity index (χ1) is 7.20. The Morgan fingerprint density at radius 2 is 2.00 bits per heavy atom. The summed E-state index contributed by atoms with van der Waals surface area (Å²) in [5.74, 6) is 0.255. The van der Waals surface area contributed by atoms with E-state index in [-0.39, 0.29) is 12.0 Å². The van der Waals surface area contributed by atoms with Gasteiger partial charge in [0.1, 0.15) is 0 Å². The minimum atomic E-state index is -0.0267. The number of aliphatic imine (C=N–C) groups is 1. The van der Waals surface area contributed by atoms with Crippen molar-refractivity contribution in [2.45, 2.75) is 39.5 Å². The number of nitrogens with one attached hydrogen (secondary N) is 2. The van der Waals surface area contributed by atoms with Gasteiger partial charge in [0.15, 0.2) is 5.96 Å². The average molecular weight is 214 g/mol. The molecule has 0 aromatic heterocycles. The molecule has 15 heavy (non-hydrogen) atoms. The molecule has 0 heterocycles. The van der Waals surface area contributed by atoms with Crippen molar-refractivity contribution in [1.29, 1.82) is 5.41 Å².